The number of benzene rings is 1. The minimum Gasteiger partial charge on any atom is -0.343 e. The molecule has 126 valence electrons. The summed E-state index contributed by atoms with van der Waals surface area (Å²) < 4.78 is 0. The van der Waals surface area contributed by atoms with E-state index in [1.807, 2.05) is 49.4 Å². The molecule has 1 amide bonds. The van der Waals surface area contributed by atoms with E-state index in [0.29, 0.717) is 5.02 Å². The molecular formula is C19H22ClN3O. The van der Waals surface area contributed by atoms with Crippen molar-refractivity contribution in [2.75, 3.05) is 13.1 Å². The average Bonchev–Trinajstić information content (AvgIpc) is 2.62. The van der Waals surface area contributed by atoms with E-state index < -0.39 is 0 Å². The van der Waals surface area contributed by atoms with E-state index in [-0.39, 0.29) is 17.4 Å². The number of hydrogen-bond donors (Lipinski definition) is 2. The van der Waals surface area contributed by atoms with Crippen LogP contribution >= 0.6 is 11.6 Å². The first-order valence-electron chi connectivity index (χ1n) is 8.27. The Balaban J connectivity index is 1.87. The molecule has 0 saturated carbocycles. The second kappa shape index (κ2) is 7.32. The van der Waals surface area contributed by atoms with Gasteiger partial charge in [-0.3, -0.25) is 9.78 Å². The van der Waals surface area contributed by atoms with E-state index in [1.165, 1.54) is 0 Å². The molecule has 1 aliphatic rings. The van der Waals surface area contributed by atoms with Crippen molar-refractivity contribution in [3.05, 3.63) is 64.9 Å². The lowest BCUT2D eigenvalue weighted by Crippen LogP contribution is -2.47. The summed E-state index contributed by atoms with van der Waals surface area (Å²) >= 11 is 6.00. The van der Waals surface area contributed by atoms with Crippen molar-refractivity contribution < 1.29 is 4.79 Å². The number of nitrogens with one attached hydrogen (secondary N) is 2. The second-order valence-electron chi connectivity index (χ2n) is 6.52. The third-order valence-corrected chi connectivity index (χ3v) is 4.97. The predicted octanol–water partition coefficient (Wildman–Crippen LogP) is 3.33. The number of amides is 1. The number of aromatic nitrogens is 1. The minimum absolute atomic E-state index is 0.0783. The Labute approximate surface area is 147 Å². The minimum atomic E-state index is -0.343. The summed E-state index contributed by atoms with van der Waals surface area (Å²) in [5, 5.41) is 7.19. The van der Waals surface area contributed by atoms with E-state index in [2.05, 4.69) is 15.6 Å². The number of pyridine rings is 1. The normalized spacial score (nSPS) is 17.9. The third-order valence-electron chi connectivity index (χ3n) is 4.72. The standard InChI is InChI=1S/C19H22ClN3O/c1-19(9-12-21-13-10-19)18(24)23-17(16-4-2-3-11-22-16)14-5-7-15(20)8-6-14/h2-8,11,17,21H,9-10,12-13H2,1H3,(H,23,24). The average molecular weight is 344 g/mol. The molecule has 1 aromatic carbocycles. The van der Waals surface area contributed by atoms with Crippen LogP contribution in [-0.4, -0.2) is 24.0 Å². The Kier molecular flexibility index (Phi) is 5.17. The van der Waals surface area contributed by atoms with Gasteiger partial charge >= 0.3 is 0 Å². The summed E-state index contributed by atoms with van der Waals surface area (Å²) in [7, 11) is 0. The van der Waals surface area contributed by atoms with Crippen LogP contribution in [0.2, 0.25) is 5.02 Å². The molecule has 3 rings (SSSR count). The molecule has 2 aromatic rings. The Hall–Kier alpha value is -1.91. The lowest BCUT2D eigenvalue weighted by atomic mass is 9.80. The predicted molar refractivity (Wildman–Crippen MR) is 95.9 cm³/mol. The summed E-state index contributed by atoms with van der Waals surface area (Å²) in [6.07, 6.45) is 3.43. The van der Waals surface area contributed by atoms with Gasteiger partial charge in [-0.05, 0) is 55.8 Å². The first-order chi connectivity index (χ1) is 11.6. The molecule has 1 unspecified atom stereocenters. The fraction of sp³-hybridized carbons (Fsp3) is 0.368. The van der Waals surface area contributed by atoms with Crippen LogP contribution in [0.1, 0.15) is 37.1 Å². The maximum Gasteiger partial charge on any atom is 0.226 e. The third kappa shape index (κ3) is 3.77. The van der Waals surface area contributed by atoms with Crippen LogP contribution in [0.25, 0.3) is 0 Å². The van der Waals surface area contributed by atoms with Crippen LogP contribution in [0, 0.1) is 5.41 Å². The molecule has 2 heterocycles. The van der Waals surface area contributed by atoms with E-state index in [1.54, 1.807) is 6.20 Å². The zero-order valence-electron chi connectivity index (χ0n) is 13.8. The molecule has 1 aromatic heterocycles. The monoisotopic (exact) mass is 343 g/mol. The maximum atomic E-state index is 13.0. The Morgan fingerprint density at radius 1 is 1.21 bits per heavy atom. The van der Waals surface area contributed by atoms with Gasteiger partial charge in [0.15, 0.2) is 0 Å². The highest BCUT2D eigenvalue weighted by Crippen LogP contribution is 2.30. The number of rotatable bonds is 4. The lowest BCUT2D eigenvalue weighted by molar-refractivity contribution is -0.132. The zero-order valence-corrected chi connectivity index (χ0v) is 14.5. The fourth-order valence-corrected chi connectivity index (χ4v) is 3.17. The van der Waals surface area contributed by atoms with E-state index in [9.17, 15) is 4.79 Å². The molecular weight excluding hydrogens is 322 g/mol. The van der Waals surface area contributed by atoms with Gasteiger partial charge in [0.05, 0.1) is 11.7 Å². The van der Waals surface area contributed by atoms with Crippen molar-refractivity contribution in [1.82, 2.24) is 15.6 Å². The number of nitrogens with zero attached hydrogens (tertiary/aromatic N) is 1. The van der Waals surface area contributed by atoms with Gasteiger partial charge in [0.2, 0.25) is 5.91 Å². The van der Waals surface area contributed by atoms with Gasteiger partial charge in [-0.25, -0.2) is 0 Å². The molecule has 24 heavy (non-hydrogen) atoms. The topological polar surface area (TPSA) is 54.0 Å². The molecule has 1 atom stereocenters. The van der Waals surface area contributed by atoms with Crippen molar-refractivity contribution in [2.24, 2.45) is 5.41 Å². The first-order valence-corrected chi connectivity index (χ1v) is 8.64. The van der Waals surface area contributed by atoms with Crippen LogP contribution in [0.5, 0.6) is 0 Å². The Bertz CT molecular complexity index is 682. The molecule has 0 spiro atoms. The summed E-state index contributed by atoms with van der Waals surface area (Å²) in [5.74, 6) is 0.0783. The Morgan fingerprint density at radius 2 is 1.92 bits per heavy atom. The van der Waals surface area contributed by atoms with Crippen LogP contribution in [0.3, 0.4) is 0 Å². The fourth-order valence-electron chi connectivity index (χ4n) is 3.04. The summed E-state index contributed by atoms with van der Waals surface area (Å²) in [5.41, 5.74) is 1.46. The van der Waals surface area contributed by atoms with Crippen molar-refractivity contribution in [1.29, 1.82) is 0 Å². The molecule has 0 aliphatic carbocycles. The van der Waals surface area contributed by atoms with E-state index >= 15 is 0 Å². The van der Waals surface area contributed by atoms with E-state index in [0.717, 1.165) is 37.2 Å². The van der Waals surface area contributed by atoms with Gasteiger partial charge in [-0.1, -0.05) is 36.7 Å². The summed E-state index contributed by atoms with van der Waals surface area (Å²) in [6, 6.07) is 13.0. The molecule has 1 fully saturated rings. The van der Waals surface area contributed by atoms with Crippen LogP contribution in [-0.2, 0) is 4.79 Å². The smallest absolute Gasteiger partial charge is 0.226 e. The molecule has 0 radical (unpaired) electrons. The number of piperidine rings is 1. The Morgan fingerprint density at radius 3 is 2.54 bits per heavy atom. The summed E-state index contributed by atoms with van der Waals surface area (Å²) in [6.45, 7) is 3.79. The first kappa shape index (κ1) is 16.9. The highest BCUT2D eigenvalue weighted by atomic mass is 35.5. The highest BCUT2D eigenvalue weighted by Gasteiger charge is 2.36. The maximum absolute atomic E-state index is 13.0. The van der Waals surface area contributed by atoms with Crippen LogP contribution < -0.4 is 10.6 Å². The molecule has 1 saturated heterocycles. The van der Waals surface area contributed by atoms with Gasteiger partial charge < -0.3 is 10.6 Å². The lowest BCUT2D eigenvalue weighted by Gasteiger charge is -2.34. The number of carbonyl (C=O) groups is 1. The van der Waals surface area contributed by atoms with Gasteiger partial charge in [0, 0.05) is 16.6 Å². The summed E-state index contributed by atoms with van der Waals surface area (Å²) in [4.78, 5) is 17.4. The number of halogens is 1. The van der Waals surface area contributed by atoms with E-state index in [4.69, 9.17) is 11.6 Å². The molecule has 5 heteroatoms. The van der Waals surface area contributed by atoms with Crippen molar-refractivity contribution in [2.45, 2.75) is 25.8 Å². The van der Waals surface area contributed by atoms with Crippen molar-refractivity contribution in [3.63, 3.8) is 0 Å². The van der Waals surface area contributed by atoms with Gasteiger partial charge in [0.1, 0.15) is 0 Å². The second-order valence-corrected chi connectivity index (χ2v) is 6.96. The largest absolute Gasteiger partial charge is 0.343 e. The molecule has 2 N–H and O–H groups in total. The van der Waals surface area contributed by atoms with Crippen molar-refractivity contribution in [3.8, 4) is 0 Å². The molecule has 0 bridgehead atoms. The van der Waals surface area contributed by atoms with Gasteiger partial charge in [-0.2, -0.15) is 0 Å². The highest BCUT2D eigenvalue weighted by molar-refractivity contribution is 6.30. The van der Waals surface area contributed by atoms with Gasteiger partial charge in [-0.15, -0.1) is 0 Å². The van der Waals surface area contributed by atoms with Crippen LogP contribution in [0.15, 0.2) is 48.7 Å². The van der Waals surface area contributed by atoms with Gasteiger partial charge in [0.25, 0.3) is 0 Å². The number of carbonyl (C=O) groups excluding carboxylic acids is 1. The van der Waals surface area contributed by atoms with Crippen LogP contribution in [0.4, 0.5) is 0 Å². The number of hydrogen-bond acceptors (Lipinski definition) is 3. The molecule has 1 aliphatic heterocycles. The molecule has 4 nitrogen and oxygen atoms in total. The quantitative estimate of drug-likeness (QED) is 0.895. The van der Waals surface area contributed by atoms with Crippen molar-refractivity contribution >= 4 is 17.5 Å². The zero-order chi connectivity index (χ0) is 17.0. The SMILES string of the molecule is CC1(C(=O)NC(c2ccc(Cl)cc2)c2ccccn2)CCNCC1.